The standard InChI is InChI=1S/C22H25N3O2S/c1-15-21(26)23-18-13-16(9-10-20(18)28-15)22(27)24(2)14-17-7-3-4-8-19(17)25-11-5-6-12-25/h3-4,7-10,13,15H,5-6,11-12,14H2,1-2H3,(H,23,26)/t15-/m0/s1. The molecule has 2 aliphatic heterocycles. The molecule has 2 aromatic carbocycles. The third kappa shape index (κ3) is 3.74. The zero-order chi connectivity index (χ0) is 19.7. The van der Waals surface area contributed by atoms with Gasteiger partial charge in [0.1, 0.15) is 0 Å². The number of carbonyl (C=O) groups is 2. The molecule has 1 N–H and O–H groups in total. The summed E-state index contributed by atoms with van der Waals surface area (Å²) < 4.78 is 0. The van der Waals surface area contributed by atoms with Crippen molar-refractivity contribution in [3.05, 3.63) is 53.6 Å². The number of nitrogens with zero attached hydrogens (tertiary/aromatic N) is 2. The average molecular weight is 396 g/mol. The molecular weight excluding hydrogens is 370 g/mol. The van der Waals surface area contributed by atoms with Crippen LogP contribution < -0.4 is 10.2 Å². The Kier molecular flexibility index (Phi) is 5.31. The molecule has 0 bridgehead atoms. The highest BCUT2D eigenvalue weighted by atomic mass is 32.2. The van der Waals surface area contributed by atoms with Crippen LogP contribution >= 0.6 is 11.8 Å². The molecule has 5 nitrogen and oxygen atoms in total. The lowest BCUT2D eigenvalue weighted by Gasteiger charge is -2.25. The number of thioether (sulfide) groups is 1. The van der Waals surface area contributed by atoms with Gasteiger partial charge in [-0.1, -0.05) is 18.2 Å². The molecule has 0 spiro atoms. The Bertz CT molecular complexity index is 908. The van der Waals surface area contributed by atoms with E-state index in [1.807, 2.05) is 32.2 Å². The second-order valence-electron chi connectivity index (χ2n) is 7.44. The van der Waals surface area contributed by atoms with Gasteiger partial charge in [0.2, 0.25) is 5.91 Å². The van der Waals surface area contributed by atoms with Crippen LogP contribution in [0.5, 0.6) is 0 Å². The first kappa shape index (κ1) is 18.9. The minimum absolute atomic E-state index is 0.0185. The van der Waals surface area contributed by atoms with Crippen LogP contribution in [0, 0.1) is 0 Å². The minimum Gasteiger partial charge on any atom is -0.371 e. The van der Waals surface area contributed by atoms with Crippen molar-refractivity contribution in [1.29, 1.82) is 0 Å². The third-order valence-corrected chi connectivity index (χ3v) is 6.53. The fourth-order valence-corrected chi connectivity index (χ4v) is 4.73. The predicted octanol–water partition coefficient (Wildman–Crippen LogP) is 3.99. The van der Waals surface area contributed by atoms with Crippen molar-refractivity contribution in [3.63, 3.8) is 0 Å². The van der Waals surface area contributed by atoms with Crippen LogP contribution in [0.2, 0.25) is 0 Å². The first-order valence-electron chi connectivity index (χ1n) is 9.73. The van der Waals surface area contributed by atoms with Gasteiger partial charge in [-0.15, -0.1) is 11.8 Å². The molecular formula is C22H25N3O2S. The van der Waals surface area contributed by atoms with Crippen LogP contribution in [0.1, 0.15) is 35.7 Å². The Morgan fingerprint density at radius 1 is 1.21 bits per heavy atom. The van der Waals surface area contributed by atoms with Gasteiger partial charge in [-0.2, -0.15) is 0 Å². The Morgan fingerprint density at radius 3 is 2.75 bits per heavy atom. The summed E-state index contributed by atoms with van der Waals surface area (Å²) in [6.07, 6.45) is 2.45. The molecule has 1 atom stereocenters. The van der Waals surface area contributed by atoms with E-state index in [1.165, 1.54) is 30.3 Å². The van der Waals surface area contributed by atoms with Gasteiger partial charge in [-0.05, 0) is 49.6 Å². The van der Waals surface area contributed by atoms with Crippen molar-refractivity contribution < 1.29 is 9.59 Å². The lowest BCUT2D eigenvalue weighted by atomic mass is 10.1. The summed E-state index contributed by atoms with van der Waals surface area (Å²) in [4.78, 5) is 30.1. The molecule has 2 aliphatic rings. The largest absolute Gasteiger partial charge is 0.371 e. The smallest absolute Gasteiger partial charge is 0.253 e. The summed E-state index contributed by atoms with van der Waals surface area (Å²) in [7, 11) is 1.83. The lowest BCUT2D eigenvalue weighted by Crippen LogP contribution is -2.29. The maximum Gasteiger partial charge on any atom is 0.253 e. The van der Waals surface area contributed by atoms with Crippen molar-refractivity contribution in [1.82, 2.24) is 4.90 Å². The molecule has 0 aromatic heterocycles. The number of benzene rings is 2. The van der Waals surface area contributed by atoms with E-state index in [1.54, 1.807) is 11.0 Å². The minimum atomic E-state index is -0.112. The normalized spacial score (nSPS) is 18.6. The number of para-hydroxylation sites is 1. The predicted molar refractivity (Wildman–Crippen MR) is 114 cm³/mol. The summed E-state index contributed by atoms with van der Waals surface area (Å²) in [6, 6.07) is 13.9. The topological polar surface area (TPSA) is 52.7 Å². The summed E-state index contributed by atoms with van der Waals surface area (Å²) in [6.45, 7) is 4.60. The van der Waals surface area contributed by atoms with Crippen molar-refractivity contribution in [2.24, 2.45) is 0 Å². The molecule has 1 fully saturated rings. The molecule has 0 radical (unpaired) electrons. The number of anilines is 2. The van der Waals surface area contributed by atoms with Gasteiger partial charge in [0.15, 0.2) is 0 Å². The molecule has 2 heterocycles. The Morgan fingerprint density at radius 2 is 1.96 bits per heavy atom. The highest BCUT2D eigenvalue weighted by molar-refractivity contribution is 8.00. The van der Waals surface area contributed by atoms with Gasteiger partial charge in [0.25, 0.3) is 5.91 Å². The first-order valence-corrected chi connectivity index (χ1v) is 10.6. The van der Waals surface area contributed by atoms with Crippen molar-refractivity contribution >= 4 is 35.0 Å². The monoisotopic (exact) mass is 395 g/mol. The van der Waals surface area contributed by atoms with E-state index in [2.05, 4.69) is 28.4 Å². The molecule has 0 unspecified atom stereocenters. The van der Waals surface area contributed by atoms with Crippen molar-refractivity contribution in [2.45, 2.75) is 36.5 Å². The summed E-state index contributed by atoms with van der Waals surface area (Å²) in [5, 5.41) is 2.79. The van der Waals surface area contributed by atoms with E-state index < -0.39 is 0 Å². The van der Waals surface area contributed by atoms with Gasteiger partial charge in [-0.3, -0.25) is 9.59 Å². The third-order valence-electron chi connectivity index (χ3n) is 5.35. The molecule has 0 aliphatic carbocycles. The van der Waals surface area contributed by atoms with E-state index in [0.717, 1.165) is 29.2 Å². The first-order chi connectivity index (χ1) is 13.5. The maximum atomic E-state index is 13.0. The van der Waals surface area contributed by atoms with E-state index in [9.17, 15) is 9.59 Å². The fourth-order valence-electron chi connectivity index (χ4n) is 3.80. The molecule has 0 saturated carbocycles. The van der Waals surface area contributed by atoms with Gasteiger partial charge in [0, 0.05) is 42.8 Å². The Balaban J connectivity index is 1.52. The number of nitrogens with one attached hydrogen (secondary N) is 1. The quantitative estimate of drug-likeness (QED) is 0.850. The number of hydrogen-bond donors (Lipinski definition) is 1. The maximum absolute atomic E-state index is 13.0. The number of carbonyl (C=O) groups excluding carboxylic acids is 2. The van der Waals surface area contributed by atoms with Gasteiger partial charge >= 0.3 is 0 Å². The van der Waals surface area contributed by atoms with Crippen LogP contribution in [0.25, 0.3) is 0 Å². The second kappa shape index (κ2) is 7.87. The summed E-state index contributed by atoms with van der Waals surface area (Å²) >= 11 is 1.52. The number of rotatable bonds is 4. The molecule has 146 valence electrons. The molecule has 2 aromatic rings. The zero-order valence-corrected chi connectivity index (χ0v) is 17.1. The van der Waals surface area contributed by atoms with Gasteiger partial charge in [0.05, 0.1) is 10.9 Å². The second-order valence-corrected chi connectivity index (χ2v) is 8.83. The Labute approximate surface area is 170 Å². The van der Waals surface area contributed by atoms with Crippen LogP contribution in [0.4, 0.5) is 11.4 Å². The molecule has 4 rings (SSSR count). The highest BCUT2D eigenvalue weighted by Crippen LogP contribution is 2.36. The number of hydrogen-bond acceptors (Lipinski definition) is 4. The molecule has 6 heteroatoms. The average Bonchev–Trinajstić information content (AvgIpc) is 3.23. The van der Waals surface area contributed by atoms with Crippen LogP contribution in [0.15, 0.2) is 47.4 Å². The SMILES string of the molecule is C[C@@H]1Sc2ccc(C(=O)N(C)Cc3ccccc3N3CCCC3)cc2NC1=O. The molecule has 28 heavy (non-hydrogen) atoms. The number of amides is 2. The fraction of sp³-hybridized carbons (Fsp3) is 0.364. The zero-order valence-electron chi connectivity index (χ0n) is 16.3. The van der Waals surface area contributed by atoms with E-state index in [4.69, 9.17) is 0 Å². The van der Waals surface area contributed by atoms with Crippen LogP contribution in [-0.2, 0) is 11.3 Å². The van der Waals surface area contributed by atoms with Crippen molar-refractivity contribution in [2.75, 3.05) is 30.4 Å². The highest BCUT2D eigenvalue weighted by Gasteiger charge is 2.24. The van der Waals surface area contributed by atoms with Crippen molar-refractivity contribution in [3.8, 4) is 0 Å². The van der Waals surface area contributed by atoms with Gasteiger partial charge < -0.3 is 15.1 Å². The van der Waals surface area contributed by atoms with E-state index in [-0.39, 0.29) is 17.1 Å². The molecule has 1 saturated heterocycles. The molecule has 2 amide bonds. The van der Waals surface area contributed by atoms with Gasteiger partial charge in [-0.25, -0.2) is 0 Å². The Hall–Kier alpha value is -2.47. The van der Waals surface area contributed by atoms with E-state index >= 15 is 0 Å². The summed E-state index contributed by atoms with van der Waals surface area (Å²) in [5.74, 6) is -0.0631. The summed E-state index contributed by atoms with van der Waals surface area (Å²) in [5.41, 5.74) is 3.71. The van der Waals surface area contributed by atoms with Crippen LogP contribution in [-0.4, -0.2) is 42.1 Å². The van der Waals surface area contributed by atoms with Crippen LogP contribution in [0.3, 0.4) is 0 Å². The lowest BCUT2D eigenvalue weighted by molar-refractivity contribution is -0.115. The van der Waals surface area contributed by atoms with E-state index in [0.29, 0.717) is 12.1 Å². The number of fused-ring (bicyclic) bond motifs is 1.